The molecular formula is C21H27NO5. The Hall–Kier alpha value is -2.31. The van der Waals surface area contributed by atoms with Crippen molar-refractivity contribution >= 4 is 5.78 Å². The zero-order chi connectivity index (χ0) is 19.2. The minimum atomic E-state index is -0.0229. The molecule has 0 aliphatic carbocycles. The number of ketones is 1. The highest BCUT2D eigenvalue weighted by molar-refractivity contribution is 5.98. The molecule has 0 spiro atoms. The van der Waals surface area contributed by atoms with Gasteiger partial charge in [0, 0.05) is 25.1 Å². The van der Waals surface area contributed by atoms with E-state index < -0.39 is 0 Å². The molecule has 0 amide bonds. The molecule has 27 heavy (non-hydrogen) atoms. The van der Waals surface area contributed by atoms with Gasteiger partial charge in [-0.3, -0.25) is 9.69 Å². The zero-order valence-electron chi connectivity index (χ0n) is 16.2. The van der Waals surface area contributed by atoms with E-state index in [1.54, 1.807) is 33.5 Å². The van der Waals surface area contributed by atoms with E-state index in [1.165, 1.54) is 0 Å². The Morgan fingerprint density at radius 1 is 1.11 bits per heavy atom. The van der Waals surface area contributed by atoms with E-state index >= 15 is 0 Å². The monoisotopic (exact) mass is 373 g/mol. The van der Waals surface area contributed by atoms with Crippen LogP contribution in [-0.2, 0) is 17.9 Å². The fraction of sp³-hybridized carbons (Fsp3) is 0.476. The standard InChI is InChI=1S/C21H27NO5/c1-24-14-18-8-7-17(27-18)13-22-10-4-5-16(12-22)21(23)15-6-9-19(25-2)20(11-15)26-3/h6-9,11,16H,4-5,10,12-14H2,1-3H3/t16-/m0/s1. The van der Waals surface area contributed by atoms with E-state index in [0.29, 0.717) is 30.2 Å². The number of carbonyl (C=O) groups is 1. The SMILES string of the molecule is COCc1ccc(CN2CCC[C@H](C(=O)c3ccc(OC)c(OC)c3)C2)o1. The molecule has 1 atom stereocenters. The first kappa shape index (κ1) is 19.5. The molecule has 0 radical (unpaired) electrons. The van der Waals surface area contributed by atoms with Gasteiger partial charge in [-0.2, -0.15) is 0 Å². The van der Waals surface area contributed by atoms with Crippen molar-refractivity contribution in [3.8, 4) is 11.5 Å². The lowest BCUT2D eigenvalue weighted by molar-refractivity contribution is 0.0799. The molecule has 146 valence electrons. The third-order valence-corrected chi connectivity index (χ3v) is 4.93. The van der Waals surface area contributed by atoms with Crippen molar-refractivity contribution in [3.63, 3.8) is 0 Å². The minimum absolute atomic E-state index is 0.0229. The Kier molecular flexibility index (Phi) is 6.53. The van der Waals surface area contributed by atoms with E-state index in [2.05, 4.69) is 4.90 Å². The number of nitrogens with zero attached hydrogens (tertiary/aromatic N) is 1. The van der Waals surface area contributed by atoms with Crippen molar-refractivity contribution < 1.29 is 23.4 Å². The van der Waals surface area contributed by atoms with Gasteiger partial charge in [0.25, 0.3) is 0 Å². The smallest absolute Gasteiger partial charge is 0.167 e. The molecule has 6 heteroatoms. The molecule has 0 bridgehead atoms. The third kappa shape index (κ3) is 4.70. The Morgan fingerprint density at radius 3 is 2.63 bits per heavy atom. The lowest BCUT2D eigenvalue weighted by Gasteiger charge is -2.31. The number of benzene rings is 1. The topological polar surface area (TPSA) is 61.1 Å². The summed E-state index contributed by atoms with van der Waals surface area (Å²) in [6, 6.07) is 9.28. The summed E-state index contributed by atoms with van der Waals surface area (Å²) in [6.07, 6.45) is 1.89. The minimum Gasteiger partial charge on any atom is -0.493 e. The summed E-state index contributed by atoms with van der Waals surface area (Å²) in [6.45, 7) is 2.88. The van der Waals surface area contributed by atoms with E-state index in [9.17, 15) is 4.79 Å². The number of furan rings is 1. The van der Waals surface area contributed by atoms with Crippen LogP contribution in [0.4, 0.5) is 0 Å². The van der Waals surface area contributed by atoms with Gasteiger partial charge >= 0.3 is 0 Å². The van der Waals surface area contributed by atoms with Gasteiger partial charge in [0.15, 0.2) is 17.3 Å². The number of hydrogen-bond acceptors (Lipinski definition) is 6. The highest BCUT2D eigenvalue weighted by Gasteiger charge is 2.27. The van der Waals surface area contributed by atoms with Gasteiger partial charge < -0.3 is 18.6 Å². The number of piperidine rings is 1. The molecule has 1 aromatic carbocycles. The maximum absolute atomic E-state index is 13.0. The van der Waals surface area contributed by atoms with E-state index in [-0.39, 0.29) is 11.7 Å². The van der Waals surface area contributed by atoms with Crippen LogP contribution in [0.15, 0.2) is 34.7 Å². The average Bonchev–Trinajstić information content (AvgIpc) is 3.14. The zero-order valence-corrected chi connectivity index (χ0v) is 16.2. The van der Waals surface area contributed by atoms with Gasteiger partial charge in [-0.15, -0.1) is 0 Å². The molecular weight excluding hydrogens is 346 g/mol. The number of hydrogen-bond donors (Lipinski definition) is 0. The highest BCUT2D eigenvalue weighted by Crippen LogP contribution is 2.30. The summed E-state index contributed by atoms with van der Waals surface area (Å²) in [4.78, 5) is 15.3. The largest absolute Gasteiger partial charge is 0.493 e. The Balaban J connectivity index is 1.65. The maximum Gasteiger partial charge on any atom is 0.167 e. The number of Topliss-reactive ketones (excluding diaryl/α,β-unsaturated/α-hetero) is 1. The van der Waals surface area contributed by atoms with Gasteiger partial charge in [-0.05, 0) is 49.7 Å². The lowest BCUT2D eigenvalue weighted by atomic mass is 9.90. The van der Waals surface area contributed by atoms with Crippen molar-refractivity contribution in [2.24, 2.45) is 5.92 Å². The van der Waals surface area contributed by atoms with Crippen LogP contribution in [0.1, 0.15) is 34.7 Å². The normalized spacial score (nSPS) is 17.7. The van der Waals surface area contributed by atoms with Crippen LogP contribution in [0.5, 0.6) is 11.5 Å². The van der Waals surface area contributed by atoms with Crippen LogP contribution in [0.25, 0.3) is 0 Å². The molecule has 1 fully saturated rings. The van der Waals surface area contributed by atoms with Crippen LogP contribution in [-0.4, -0.2) is 45.1 Å². The summed E-state index contributed by atoms with van der Waals surface area (Å²) in [5.74, 6) is 3.07. The molecule has 1 aromatic heterocycles. The first-order chi connectivity index (χ1) is 13.1. The van der Waals surface area contributed by atoms with Crippen LogP contribution >= 0.6 is 0 Å². The second-order valence-corrected chi connectivity index (χ2v) is 6.81. The highest BCUT2D eigenvalue weighted by atomic mass is 16.5. The summed E-state index contributed by atoms with van der Waals surface area (Å²) in [5.41, 5.74) is 0.667. The van der Waals surface area contributed by atoms with Gasteiger partial charge in [-0.1, -0.05) is 0 Å². The number of rotatable bonds is 8. The quantitative estimate of drug-likeness (QED) is 0.660. The van der Waals surface area contributed by atoms with E-state index in [4.69, 9.17) is 18.6 Å². The number of methoxy groups -OCH3 is 3. The summed E-state index contributed by atoms with van der Waals surface area (Å²) < 4.78 is 21.5. The van der Waals surface area contributed by atoms with Crippen molar-refractivity contribution in [2.75, 3.05) is 34.4 Å². The van der Waals surface area contributed by atoms with Crippen LogP contribution in [0.3, 0.4) is 0 Å². The Bertz CT molecular complexity index is 770. The maximum atomic E-state index is 13.0. The summed E-state index contributed by atoms with van der Waals surface area (Å²) >= 11 is 0. The van der Waals surface area contributed by atoms with Gasteiger partial charge in [-0.25, -0.2) is 0 Å². The van der Waals surface area contributed by atoms with Crippen LogP contribution in [0, 0.1) is 5.92 Å². The number of ether oxygens (including phenoxy) is 3. The second-order valence-electron chi connectivity index (χ2n) is 6.81. The Morgan fingerprint density at radius 2 is 1.89 bits per heavy atom. The van der Waals surface area contributed by atoms with Crippen molar-refractivity contribution in [1.29, 1.82) is 0 Å². The molecule has 2 aromatic rings. The first-order valence-electron chi connectivity index (χ1n) is 9.19. The third-order valence-electron chi connectivity index (χ3n) is 4.93. The fourth-order valence-electron chi connectivity index (χ4n) is 3.59. The molecule has 6 nitrogen and oxygen atoms in total. The average molecular weight is 373 g/mol. The van der Waals surface area contributed by atoms with E-state index in [0.717, 1.165) is 37.5 Å². The predicted molar refractivity (Wildman–Crippen MR) is 101 cm³/mol. The first-order valence-corrected chi connectivity index (χ1v) is 9.19. The fourth-order valence-corrected chi connectivity index (χ4v) is 3.59. The summed E-state index contributed by atoms with van der Waals surface area (Å²) in [7, 11) is 4.82. The number of likely N-dealkylation sites (tertiary alicyclic amines) is 1. The van der Waals surface area contributed by atoms with Gasteiger partial charge in [0.05, 0.1) is 20.8 Å². The second kappa shape index (κ2) is 9.06. The van der Waals surface area contributed by atoms with Gasteiger partial charge in [0.1, 0.15) is 18.1 Å². The van der Waals surface area contributed by atoms with Crippen molar-refractivity contribution in [1.82, 2.24) is 4.90 Å². The molecule has 3 rings (SSSR count). The molecule has 0 saturated carbocycles. The van der Waals surface area contributed by atoms with Crippen molar-refractivity contribution in [2.45, 2.75) is 26.0 Å². The van der Waals surface area contributed by atoms with Crippen LogP contribution in [0.2, 0.25) is 0 Å². The Labute approximate surface area is 160 Å². The molecule has 1 aliphatic rings. The van der Waals surface area contributed by atoms with Crippen LogP contribution < -0.4 is 9.47 Å². The van der Waals surface area contributed by atoms with Crippen molar-refractivity contribution in [3.05, 3.63) is 47.4 Å². The number of carbonyl (C=O) groups excluding carboxylic acids is 1. The van der Waals surface area contributed by atoms with E-state index in [1.807, 2.05) is 18.2 Å². The molecule has 2 heterocycles. The molecule has 1 aliphatic heterocycles. The van der Waals surface area contributed by atoms with Gasteiger partial charge in [0.2, 0.25) is 0 Å². The predicted octanol–water partition coefficient (Wildman–Crippen LogP) is 3.54. The molecule has 0 N–H and O–H groups in total. The molecule has 1 saturated heterocycles. The lowest BCUT2D eigenvalue weighted by Crippen LogP contribution is -2.38. The summed E-state index contributed by atoms with van der Waals surface area (Å²) in [5, 5.41) is 0. The molecule has 0 unspecified atom stereocenters.